The highest BCUT2D eigenvalue weighted by molar-refractivity contribution is 5.91. The fourth-order valence-electron chi connectivity index (χ4n) is 5.48. The first-order valence-corrected chi connectivity index (χ1v) is 17.2. The molecule has 3 aromatic carbocycles. The van der Waals surface area contributed by atoms with Crippen molar-refractivity contribution in [2.45, 2.75) is 130 Å². The van der Waals surface area contributed by atoms with Crippen LogP contribution in [0.1, 0.15) is 145 Å². The highest BCUT2D eigenvalue weighted by atomic mass is 16.5. The molecule has 3 nitrogen and oxygen atoms in total. The molecule has 0 fully saturated rings. The number of rotatable bonds is 22. The first-order chi connectivity index (χ1) is 21.1. The zero-order valence-electron chi connectivity index (χ0n) is 27.3. The maximum absolute atomic E-state index is 12.7. The van der Waals surface area contributed by atoms with Crippen LogP contribution in [0.15, 0.2) is 72.8 Å². The van der Waals surface area contributed by atoms with E-state index >= 15 is 0 Å². The molecule has 0 radical (unpaired) electrons. The number of hydrogen-bond donors (Lipinski definition) is 0. The number of carbonyl (C=O) groups is 1. The molecule has 0 aliphatic rings. The van der Waals surface area contributed by atoms with Crippen molar-refractivity contribution in [3.63, 3.8) is 0 Å². The third kappa shape index (κ3) is 13.5. The van der Waals surface area contributed by atoms with Crippen LogP contribution in [0.4, 0.5) is 0 Å². The summed E-state index contributed by atoms with van der Waals surface area (Å²) < 4.78 is 11.6. The topological polar surface area (TPSA) is 35.5 Å². The van der Waals surface area contributed by atoms with Gasteiger partial charge in [-0.1, -0.05) is 146 Å². The van der Waals surface area contributed by atoms with Gasteiger partial charge in [0.05, 0.1) is 11.7 Å². The number of unbranched alkanes of at least 4 members (excludes halogenated alkanes) is 13. The lowest BCUT2D eigenvalue weighted by Gasteiger charge is -2.14. The monoisotopic (exact) mass is 584 g/mol. The molecule has 0 N–H and O–H groups in total. The van der Waals surface area contributed by atoms with Crippen LogP contribution in [0.5, 0.6) is 5.75 Å². The van der Waals surface area contributed by atoms with Crippen molar-refractivity contribution in [3.8, 4) is 16.9 Å². The third-order valence-electron chi connectivity index (χ3n) is 8.40. The van der Waals surface area contributed by atoms with Crippen LogP contribution in [-0.2, 0) is 11.2 Å². The summed E-state index contributed by atoms with van der Waals surface area (Å²) in [5.74, 6) is 0.237. The molecule has 0 aromatic heterocycles. The number of aryl methyl sites for hydroxylation is 1. The standard InChI is InChI=1S/C40H56O3/c1-4-6-8-9-10-11-12-13-14-15-16-17-18-19-34-20-22-38(23-21-34)40(41)43-39-30-28-37(29-31-39)36-26-24-35(25-27-36)33(3)42-32-7-5-2/h20-31,33H,4-19,32H2,1-3H3. The Kier molecular flexibility index (Phi) is 16.8. The first-order valence-electron chi connectivity index (χ1n) is 17.2. The van der Waals surface area contributed by atoms with Crippen molar-refractivity contribution < 1.29 is 14.3 Å². The normalized spacial score (nSPS) is 11.9. The van der Waals surface area contributed by atoms with Crippen LogP contribution < -0.4 is 4.74 Å². The highest BCUT2D eigenvalue weighted by Gasteiger charge is 2.10. The summed E-state index contributed by atoms with van der Waals surface area (Å²) in [7, 11) is 0. The van der Waals surface area contributed by atoms with Crippen molar-refractivity contribution in [2.75, 3.05) is 6.61 Å². The van der Waals surface area contributed by atoms with E-state index in [1.165, 1.54) is 94.6 Å². The Morgan fingerprint density at radius 3 is 1.60 bits per heavy atom. The van der Waals surface area contributed by atoms with Crippen molar-refractivity contribution in [2.24, 2.45) is 0 Å². The van der Waals surface area contributed by atoms with Gasteiger partial charge in [0.1, 0.15) is 5.75 Å². The molecule has 0 amide bonds. The largest absolute Gasteiger partial charge is 0.423 e. The maximum Gasteiger partial charge on any atom is 0.343 e. The van der Waals surface area contributed by atoms with Crippen LogP contribution in [-0.4, -0.2) is 12.6 Å². The molecule has 3 heteroatoms. The lowest BCUT2D eigenvalue weighted by atomic mass is 10.0. The second-order valence-electron chi connectivity index (χ2n) is 12.1. The van der Waals surface area contributed by atoms with Gasteiger partial charge in [-0.15, -0.1) is 0 Å². The Morgan fingerprint density at radius 1 is 0.581 bits per heavy atom. The molecule has 234 valence electrons. The maximum atomic E-state index is 12.7. The van der Waals surface area contributed by atoms with E-state index < -0.39 is 0 Å². The predicted molar refractivity (Wildman–Crippen MR) is 182 cm³/mol. The number of hydrogen-bond acceptors (Lipinski definition) is 3. The second kappa shape index (κ2) is 20.9. The molecule has 3 rings (SSSR count). The average Bonchev–Trinajstić information content (AvgIpc) is 3.04. The van der Waals surface area contributed by atoms with Gasteiger partial charge >= 0.3 is 5.97 Å². The Balaban J connectivity index is 1.32. The Labute approximate surface area is 262 Å². The molecule has 0 saturated heterocycles. The zero-order valence-corrected chi connectivity index (χ0v) is 27.3. The van der Waals surface area contributed by atoms with Gasteiger partial charge in [0.15, 0.2) is 0 Å². The molecule has 0 heterocycles. The lowest BCUT2D eigenvalue weighted by Crippen LogP contribution is -2.08. The van der Waals surface area contributed by atoms with Gasteiger partial charge in [0, 0.05) is 6.61 Å². The SMILES string of the molecule is CCCCCCCCCCCCCCCc1ccc(C(=O)Oc2ccc(-c3ccc(C(C)OCCCC)cc3)cc2)cc1. The number of ether oxygens (including phenoxy) is 2. The van der Waals surface area contributed by atoms with Gasteiger partial charge in [-0.25, -0.2) is 4.79 Å². The van der Waals surface area contributed by atoms with E-state index in [4.69, 9.17) is 9.47 Å². The van der Waals surface area contributed by atoms with Crippen LogP contribution in [0.3, 0.4) is 0 Å². The van der Waals surface area contributed by atoms with Gasteiger partial charge in [0.2, 0.25) is 0 Å². The number of esters is 1. The number of benzene rings is 3. The predicted octanol–water partition coefficient (Wildman–Crippen LogP) is 12.1. The third-order valence-corrected chi connectivity index (χ3v) is 8.40. The summed E-state index contributed by atoms with van der Waals surface area (Å²) in [5, 5.41) is 0. The summed E-state index contributed by atoms with van der Waals surface area (Å²) in [6.45, 7) is 7.35. The fourth-order valence-corrected chi connectivity index (χ4v) is 5.48. The van der Waals surface area contributed by atoms with Crippen molar-refractivity contribution in [3.05, 3.63) is 89.5 Å². The van der Waals surface area contributed by atoms with E-state index in [2.05, 4.69) is 57.2 Å². The van der Waals surface area contributed by atoms with E-state index in [1.807, 2.05) is 36.4 Å². The molecule has 1 atom stereocenters. The second-order valence-corrected chi connectivity index (χ2v) is 12.1. The first kappa shape index (κ1) is 34.6. The fraction of sp³-hybridized carbons (Fsp3) is 0.525. The van der Waals surface area contributed by atoms with Crippen molar-refractivity contribution >= 4 is 5.97 Å². The lowest BCUT2D eigenvalue weighted by molar-refractivity contribution is 0.0637. The van der Waals surface area contributed by atoms with Gasteiger partial charge in [-0.2, -0.15) is 0 Å². The molecule has 3 aromatic rings. The Hall–Kier alpha value is -2.91. The van der Waals surface area contributed by atoms with Crippen LogP contribution >= 0.6 is 0 Å². The van der Waals surface area contributed by atoms with E-state index in [0.29, 0.717) is 11.3 Å². The summed E-state index contributed by atoms with van der Waals surface area (Å²) in [6, 6.07) is 24.1. The Bertz CT molecular complexity index is 1130. The van der Waals surface area contributed by atoms with Gasteiger partial charge < -0.3 is 9.47 Å². The van der Waals surface area contributed by atoms with E-state index in [1.54, 1.807) is 0 Å². The number of carbonyl (C=O) groups excluding carboxylic acids is 1. The van der Waals surface area contributed by atoms with Crippen LogP contribution in [0.2, 0.25) is 0 Å². The van der Waals surface area contributed by atoms with Gasteiger partial charge in [-0.05, 0) is 72.7 Å². The summed E-state index contributed by atoms with van der Waals surface area (Å²) in [6.07, 6.45) is 21.2. The smallest absolute Gasteiger partial charge is 0.343 e. The van der Waals surface area contributed by atoms with E-state index in [0.717, 1.165) is 37.0 Å². The average molecular weight is 585 g/mol. The van der Waals surface area contributed by atoms with E-state index in [-0.39, 0.29) is 12.1 Å². The zero-order chi connectivity index (χ0) is 30.5. The minimum atomic E-state index is -0.318. The molecule has 0 saturated carbocycles. The molecular weight excluding hydrogens is 528 g/mol. The molecule has 0 bridgehead atoms. The summed E-state index contributed by atoms with van der Waals surface area (Å²) >= 11 is 0. The van der Waals surface area contributed by atoms with Gasteiger partial charge in [-0.3, -0.25) is 0 Å². The van der Waals surface area contributed by atoms with Crippen molar-refractivity contribution in [1.82, 2.24) is 0 Å². The molecule has 0 spiro atoms. The highest BCUT2D eigenvalue weighted by Crippen LogP contribution is 2.26. The molecule has 1 unspecified atom stereocenters. The minimum absolute atomic E-state index is 0.0932. The van der Waals surface area contributed by atoms with Crippen LogP contribution in [0, 0.1) is 0 Å². The van der Waals surface area contributed by atoms with Crippen molar-refractivity contribution in [1.29, 1.82) is 0 Å². The molecule has 43 heavy (non-hydrogen) atoms. The summed E-state index contributed by atoms with van der Waals surface area (Å²) in [4.78, 5) is 12.7. The quantitative estimate of drug-likeness (QED) is 0.0669. The van der Waals surface area contributed by atoms with Crippen LogP contribution in [0.25, 0.3) is 11.1 Å². The molecule has 0 aliphatic carbocycles. The van der Waals surface area contributed by atoms with Gasteiger partial charge in [0.25, 0.3) is 0 Å². The Morgan fingerprint density at radius 2 is 1.07 bits per heavy atom. The van der Waals surface area contributed by atoms with E-state index in [9.17, 15) is 4.79 Å². The molecule has 0 aliphatic heterocycles. The minimum Gasteiger partial charge on any atom is -0.423 e. The molecular formula is C40H56O3. The summed E-state index contributed by atoms with van der Waals surface area (Å²) in [5.41, 5.74) is 5.27.